The van der Waals surface area contributed by atoms with E-state index in [1.165, 1.54) is 11.3 Å². The van der Waals surface area contributed by atoms with Crippen LogP contribution in [0, 0.1) is 0 Å². The Morgan fingerprint density at radius 1 is 0.963 bits per heavy atom. The van der Waals surface area contributed by atoms with Crippen molar-refractivity contribution in [2.45, 2.75) is 6.54 Å². The molecule has 0 atom stereocenters. The highest BCUT2D eigenvalue weighted by atomic mass is 32.1. The summed E-state index contributed by atoms with van der Waals surface area (Å²) in [7, 11) is 0. The first-order valence-corrected chi connectivity index (χ1v) is 9.11. The summed E-state index contributed by atoms with van der Waals surface area (Å²) in [5.74, 6) is 0.0810. The summed E-state index contributed by atoms with van der Waals surface area (Å²) in [4.78, 5) is 25.5. The van der Waals surface area contributed by atoms with Crippen molar-refractivity contribution in [3.8, 4) is 0 Å². The Bertz CT molecular complexity index is 1100. The highest BCUT2D eigenvalue weighted by Gasteiger charge is 2.15. The zero-order valence-electron chi connectivity index (χ0n) is 14.1. The van der Waals surface area contributed by atoms with E-state index in [4.69, 9.17) is 0 Å². The molecular formula is C19H15N5O2S. The van der Waals surface area contributed by atoms with Gasteiger partial charge >= 0.3 is 0 Å². The van der Waals surface area contributed by atoms with Gasteiger partial charge < -0.3 is 10.6 Å². The molecule has 0 bridgehead atoms. The summed E-state index contributed by atoms with van der Waals surface area (Å²) in [5.41, 5.74) is 1.56. The van der Waals surface area contributed by atoms with Gasteiger partial charge in [-0.2, -0.15) is 0 Å². The van der Waals surface area contributed by atoms with Crippen molar-refractivity contribution in [2.24, 2.45) is 0 Å². The molecule has 0 unspecified atom stereocenters. The van der Waals surface area contributed by atoms with Gasteiger partial charge in [-0.25, -0.2) is 0 Å². The number of nitrogens with one attached hydrogen (secondary N) is 2. The van der Waals surface area contributed by atoms with Crippen LogP contribution in [-0.2, 0) is 6.54 Å². The first-order chi connectivity index (χ1) is 13.2. The highest BCUT2D eigenvalue weighted by molar-refractivity contribution is 7.12. The van der Waals surface area contributed by atoms with Gasteiger partial charge in [0, 0.05) is 6.20 Å². The smallest absolute Gasteiger partial charge is 0.265 e. The Kier molecular flexibility index (Phi) is 4.63. The number of thiophene rings is 1. The first kappa shape index (κ1) is 16.9. The van der Waals surface area contributed by atoms with Crippen LogP contribution in [0.4, 0.5) is 5.69 Å². The molecule has 0 aliphatic carbocycles. The molecule has 4 rings (SSSR count). The second-order valence-corrected chi connectivity index (χ2v) is 6.65. The number of fused-ring (bicyclic) bond motifs is 1. The third-order valence-corrected chi connectivity index (χ3v) is 4.82. The highest BCUT2D eigenvalue weighted by Crippen LogP contribution is 2.18. The third kappa shape index (κ3) is 3.56. The Balaban J connectivity index is 1.49. The summed E-state index contributed by atoms with van der Waals surface area (Å²) in [6.45, 7) is 0.219. The molecule has 0 spiro atoms. The van der Waals surface area contributed by atoms with E-state index < -0.39 is 0 Å². The number of hydrogen-bond donors (Lipinski definition) is 2. The van der Waals surface area contributed by atoms with Gasteiger partial charge in [0.25, 0.3) is 11.8 Å². The fourth-order valence-electron chi connectivity index (χ4n) is 2.65. The molecule has 27 heavy (non-hydrogen) atoms. The van der Waals surface area contributed by atoms with E-state index >= 15 is 0 Å². The summed E-state index contributed by atoms with van der Waals surface area (Å²) in [5, 5.41) is 15.6. The van der Waals surface area contributed by atoms with Gasteiger partial charge in [0.2, 0.25) is 0 Å². The molecule has 7 nitrogen and oxygen atoms in total. The molecule has 3 aromatic heterocycles. The van der Waals surface area contributed by atoms with E-state index in [0.717, 1.165) is 0 Å². The van der Waals surface area contributed by atoms with Gasteiger partial charge in [-0.1, -0.05) is 24.3 Å². The van der Waals surface area contributed by atoms with E-state index in [0.29, 0.717) is 27.6 Å². The van der Waals surface area contributed by atoms with Gasteiger partial charge in [-0.05, 0) is 35.7 Å². The van der Waals surface area contributed by atoms with Gasteiger partial charge in [0.15, 0.2) is 11.5 Å². The van der Waals surface area contributed by atoms with Crippen LogP contribution in [0.1, 0.15) is 25.9 Å². The van der Waals surface area contributed by atoms with Crippen LogP contribution in [0.3, 0.4) is 0 Å². The molecule has 0 fully saturated rings. The molecule has 3 heterocycles. The number of para-hydroxylation sites is 1. The number of anilines is 1. The Morgan fingerprint density at radius 2 is 1.81 bits per heavy atom. The molecule has 0 radical (unpaired) electrons. The predicted molar refractivity (Wildman–Crippen MR) is 103 cm³/mol. The van der Waals surface area contributed by atoms with Crippen LogP contribution in [0.5, 0.6) is 0 Å². The number of rotatable bonds is 5. The van der Waals surface area contributed by atoms with Crippen molar-refractivity contribution in [2.75, 3.05) is 5.32 Å². The van der Waals surface area contributed by atoms with Crippen molar-refractivity contribution in [3.63, 3.8) is 0 Å². The topological polar surface area (TPSA) is 88.4 Å². The number of benzene rings is 1. The lowest BCUT2D eigenvalue weighted by molar-refractivity contribution is 0.0950. The lowest BCUT2D eigenvalue weighted by Gasteiger charge is -2.10. The van der Waals surface area contributed by atoms with E-state index in [1.54, 1.807) is 36.4 Å². The number of carbonyl (C=O) groups excluding carboxylic acids is 2. The molecule has 0 aliphatic heterocycles. The summed E-state index contributed by atoms with van der Waals surface area (Å²) in [6, 6.07) is 16.0. The van der Waals surface area contributed by atoms with Gasteiger partial charge in [0.1, 0.15) is 0 Å². The fraction of sp³-hybridized carbons (Fsp3) is 0.0526. The average molecular weight is 377 g/mol. The largest absolute Gasteiger partial charge is 0.345 e. The molecule has 8 heteroatoms. The molecule has 0 saturated carbocycles. The van der Waals surface area contributed by atoms with Crippen LogP contribution >= 0.6 is 11.3 Å². The van der Waals surface area contributed by atoms with Gasteiger partial charge in [-0.15, -0.1) is 21.5 Å². The van der Waals surface area contributed by atoms with Crippen molar-refractivity contribution in [3.05, 3.63) is 82.4 Å². The standard InChI is InChI=1S/C19H15N5O2S/c25-18(20-12-17-23-22-16-9-3-4-10-24(16)17)13-6-1-2-7-14(13)21-19(26)15-8-5-11-27-15/h1-11H,12H2,(H,20,25)(H,21,26). The lowest BCUT2D eigenvalue weighted by Crippen LogP contribution is -2.25. The molecule has 0 aliphatic rings. The zero-order chi connectivity index (χ0) is 18.6. The third-order valence-electron chi connectivity index (χ3n) is 3.96. The number of pyridine rings is 1. The van der Waals surface area contributed by atoms with Crippen molar-refractivity contribution >= 4 is 34.5 Å². The Labute approximate surface area is 158 Å². The Morgan fingerprint density at radius 3 is 2.67 bits per heavy atom. The summed E-state index contributed by atoms with van der Waals surface area (Å²) in [6.07, 6.45) is 1.84. The molecule has 134 valence electrons. The van der Waals surface area contributed by atoms with E-state index in [9.17, 15) is 9.59 Å². The minimum absolute atomic E-state index is 0.219. The molecule has 1 aromatic carbocycles. The van der Waals surface area contributed by atoms with Crippen molar-refractivity contribution in [1.29, 1.82) is 0 Å². The zero-order valence-corrected chi connectivity index (χ0v) is 14.9. The minimum atomic E-state index is -0.301. The SMILES string of the molecule is O=C(Nc1ccccc1C(=O)NCc1nnc2ccccn12)c1cccs1. The van der Waals surface area contributed by atoms with Crippen LogP contribution in [0.15, 0.2) is 66.2 Å². The molecule has 2 N–H and O–H groups in total. The van der Waals surface area contributed by atoms with Crippen LogP contribution < -0.4 is 10.6 Å². The van der Waals surface area contributed by atoms with E-state index in [2.05, 4.69) is 20.8 Å². The lowest BCUT2D eigenvalue weighted by atomic mass is 10.1. The summed E-state index contributed by atoms with van der Waals surface area (Å²) < 4.78 is 1.81. The van der Waals surface area contributed by atoms with Crippen molar-refractivity contribution in [1.82, 2.24) is 19.9 Å². The predicted octanol–water partition coefficient (Wildman–Crippen LogP) is 2.97. The molecular weight excluding hydrogens is 362 g/mol. The molecule has 0 saturated heterocycles. The maximum absolute atomic E-state index is 12.6. The van der Waals surface area contributed by atoms with E-state index in [1.807, 2.05) is 34.2 Å². The second kappa shape index (κ2) is 7.38. The quantitative estimate of drug-likeness (QED) is 0.560. The first-order valence-electron chi connectivity index (χ1n) is 8.23. The molecule has 2 amide bonds. The van der Waals surface area contributed by atoms with Gasteiger partial charge in [-0.3, -0.25) is 14.0 Å². The number of aromatic nitrogens is 3. The number of carbonyl (C=O) groups is 2. The maximum atomic E-state index is 12.6. The monoisotopic (exact) mass is 377 g/mol. The van der Waals surface area contributed by atoms with Crippen LogP contribution in [-0.4, -0.2) is 26.4 Å². The van der Waals surface area contributed by atoms with Crippen molar-refractivity contribution < 1.29 is 9.59 Å². The summed E-state index contributed by atoms with van der Waals surface area (Å²) >= 11 is 1.34. The Hall–Kier alpha value is -3.52. The fourth-order valence-corrected chi connectivity index (χ4v) is 3.27. The number of hydrogen-bond acceptors (Lipinski definition) is 5. The second-order valence-electron chi connectivity index (χ2n) is 5.70. The maximum Gasteiger partial charge on any atom is 0.265 e. The van der Waals surface area contributed by atoms with Crippen LogP contribution in [0.25, 0.3) is 5.65 Å². The normalized spacial score (nSPS) is 10.7. The van der Waals surface area contributed by atoms with E-state index in [-0.39, 0.29) is 18.4 Å². The molecule has 4 aromatic rings. The number of amides is 2. The average Bonchev–Trinajstić information content (AvgIpc) is 3.37. The van der Waals surface area contributed by atoms with Gasteiger partial charge in [0.05, 0.1) is 22.7 Å². The van der Waals surface area contributed by atoms with Crippen LogP contribution in [0.2, 0.25) is 0 Å². The number of nitrogens with zero attached hydrogens (tertiary/aromatic N) is 3. The minimum Gasteiger partial charge on any atom is -0.345 e.